The molecule has 3 heteroatoms. The van der Waals surface area contributed by atoms with Gasteiger partial charge in [0.15, 0.2) is 5.79 Å². The van der Waals surface area contributed by atoms with Gasteiger partial charge in [0, 0.05) is 14.2 Å². The van der Waals surface area contributed by atoms with Crippen LogP contribution in [-0.2, 0) is 9.47 Å². The van der Waals surface area contributed by atoms with E-state index >= 15 is 0 Å². The summed E-state index contributed by atoms with van der Waals surface area (Å²) in [6, 6.07) is 0. The molecule has 0 spiro atoms. The van der Waals surface area contributed by atoms with Crippen LogP contribution in [0.4, 0.5) is 0 Å². The Labute approximate surface area is 207 Å². The molecule has 0 fully saturated rings. The molecule has 0 atom stereocenters. The molecular formula is C29H70O3. The molecule has 3 nitrogen and oxygen atoms in total. The third-order valence-corrected chi connectivity index (χ3v) is 4.42. The van der Waals surface area contributed by atoms with Crippen molar-refractivity contribution in [2.45, 2.75) is 157 Å². The molecular weight excluding hydrogens is 396 g/mol. The Hall–Kier alpha value is -0.120. The Morgan fingerprint density at radius 3 is 0.656 bits per heavy atom. The Morgan fingerprint density at radius 2 is 0.656 bits per heavy atom. The average molecular weight is 467 g/mol. The van der Waals surface area contributed by atoms with Crippen molar-refractivity contribution in [3.8, 4) is 0 Å². The summed E-state index contributed by atoms with van der Waals surface area (Å²) in [7, 11) is 3.17. The van der Waals surface area contributed by atoms with Crippen molar-refractivity contribution in [3.05, 3.63) is 0 Å². The Bertz CT molecular complexity index is 318. The molecule has 0 aliphatic heterocycles. The molecule has 204 valence electrons. The van der Waals surface area contributed by atoms with E-state index in [1.807, 2.05) is 20.8 Å². The van der Waals surface area contributed by atoms with Crippen molar-refractivity contribution < 1.29 is 14.6 Å². The van der Waals surface area contributed by atoms with Gasteiger partial charge in [-0.25, -0.2) is 0 Å². The second-order valence-corrected chi connectivity index (χ2v) is 14.4. The predicted molar refractivity (Wildman–Crippen MR) is 151 cm³/mol. The zero-order chi connectivity index (χ0) is 27.1. The van der Waals surface area contributed by atoms with Gasteiger partial charge in [0.05, 0.1) is 5.60 Å². The minimum atomic E-state index is -0.958. The lowest BCUT2D eigenvalue weighted by Crippen LogP contribution is -2.25. The highest BCUT2D eigenvalue weighted by Crippen LogP contribution is 2.36. The Kier molecular flexibility index (Phi) is 25.9. The predicted octanol–water partition coefficient (Wildman–Crippen LogP) is 10.0. The van der Waals surface area contributed by atoms with Gasteiger partial charge in [-0.2, -0.15) is 0 Å². The highest BCUT2D eigenvalue weighted by atomic mass is 16.6. The summed E-state index contributed by atoms with van der Waals surface area (Å²) in [5, 5.41) is 8.60. The fourth-order valence-electron chi connectivity index (χ4n) is 0. The van der Waals surface area contributed by atoms with Crippen molar-refractivity contribution in [2.24, 2.45) is 21.7 Å². The molecule has 0 aromatic heterocycles. The minimum absolute atomic E-state index is 0. The topological polar surface area (TPSA) is 38.7 Å². The van der Waals surface area contributed by atoms with Crippen molar-refractivity contribution in [3.63, 3.8) is 0 Å². The maximum absolute atomic E-state index is 8.60. The highest BCUT2D eigenvalue weighted by Gasteiger charge is 2.26. The van der Waals surface area contributed by atoms with Gasteiger partial charge in [-0.15, -0.1) is 0 Å². The second kappa shape index (κ2) is 18.2. The second-order valence-electron chi connectivity index (χ2n) is 14.4. The van der Waals surface area contributed by atoms with Crippen LogP contribution >= 0.6 is 0 Å². The zero-order valence-corrected chi connectivity index (χ0v) is 26.0. The molecule has 0 saturated carbocycles. The zero-order valence-electron chi connectivity index (χ0n) is 26.0. The van der Waals surface area contributed by atoms with Crippen LogP contribution in [0.1, 0.15) is 145 Å². The van der Waals surface area contributed by atoms with Gasteiger partial charge in [0.25, 0.3) is 0 Å². The van der Waals surface area contributed by atoms with Crippen LogP contribution in [0.15, 0.2) is 0 Å². The van der Waals surface area contributed by atoms with E-state index in [1.54, 1.807) is 21.0 Å². The van der Waals surface area contributed by atoms with Crippen molar-refractivity contribution in [1.29, 1.82) is 0 Å². The van der Waals surface area contributed by atoms with E-state index in [0.29, 0.717) is 21.7 Å². The maximum atomic E-state index is 8.60. The SMILES string of the molecule is C.CC(C)(C)C.CC(C)(C)C(C)(C)C.CCC(C)(C)C.COC(C)(C)C.COC(C)(C)O. The van der Waals surface area contributed by atoms with Gasteiger partial charge in [0.1, 0.15) is 0 Å². The quantitative estimate of drug-likeness (QED) is 0.391. The van der Waals surface area contributed by atoms with Crippen LogP contribution in [0, 0.1) is 21.7 Å². The van der Waals surface area contributed by atoms with E-state index in [2.05, 4.69) is 102 Å². The lowest BCUT2D eigenvalue weighted by molar-refractivity contribution is -0.155. The van der Waals surface area contributed by atoms with Gasteiger partial charge in [-0.3, -0.25) is 0 Å². The smallest absolute Gasteiger partial charge is 0.159 e. The highest BCUT2D eigenvalue weighted by molar-refractivity contribution is 4.77. The van der Waals surface area contributed by atoms with Gasteiger partial charge in [0.2, 0.25) is 0 Å². The molecule has 0 aliphatic carbocycles. The first kappa shape index (κ1) is 45.4. The van der Waals surface area contributed by atoms with Crippen LogP contribution in [-0.4, -0.2) is 30.7 Å². The summed E-state index contributed by atoms with van der Waals surface area (Å²) in [6.07, 6.45) is 1.27. The number of hydrogen-bond donors (Lipinski definition) is 1. The van der Waals surface area contributed by atoms with E-state index in [1.165, 1.54) is 13.5 Å². The summed E-state index contributed by atoms with van der Waals surface area (Å²) < 4.78 is 9.43. The largest absolute Gasteiger partial charge is 0.379 e. The molecule has 0 aromatic carbocycles. The first-order valence-corrected chi connectivity index (χ1v) is 11.8. The lowest BCUT2D eigenvalue weighted by Gasteiger charge is -2.34. The van der Waals surface area contributed by atoms with Crippen molar-refractivity contribution >= 4 is 0 Å². The van der Waals surface area contributed by atoms with Crippen LogP contribution < -0.4 is 0 Å². The standard InChI is InChI=1S/C8H18.C6H14.C5H12O.C5H12.C4H10O2.CH4/c1-7(2,3)8(4,5)6;1-5-6(2,3)4;1-5(2,3)6-4;1-5(2,3)4;1-4(2,5)6-3;/h1-6H3;5H2,1-4H3;1-4H3;1-4H3;5H,1-3H3;1H4. The number of aliphatic hydroxyl groups is 1. The van der Waals surface area contributed by atoms with Crippen LogP contribution in [0.25, 0.3) is 0 Å². The van der Waals surface area contributed by atoms with E-state index in [0.717, 1.165) is 0 Å². The third kappa shape index (κ3) is 78.0. The van der Waals surface area contributed by atoms with E-state index in [-0.39, 0.29) is 13.0 Å². The van der Waals surface area contributed by atoms with E-state index in [9.17, 15) is 0 Å². The van der Waals surface area contributed by atoms with Crippen molar-refractivity contribution in [1.82, 2.24) is 0 Å². The molecule has 0 rings (SSSR count). The Morgan fingerprint density at radius 1 is 0.531 bits per heavy atom. The summed E-state index contributed by atoms with van der Waals surface area (Å²) in [5.41, 5.74) is 1.96. The van der Waals surface area contributed by atoms with E-state index in [4.69, 9.17) is 9.84 Å². The summed E-state index contributed by atoms with van der Waals surface area (Å²) >= 11 is 0. The summed E-state index contributed by atoms with van der Waals surface area (Å²) in [4.78, 5) is 0. The monoisotopic (exact) mass is 467 g/mol. The van der Waals surface area contributed by atoms with Crippen LogP contribution in [0.3, 0.4) is 0 Å². The summed E-state index contributed by atoms with van der Waals surface area (Å²) in [6.45, 7) is 40.5. The molecule has 1 N–H and O–H groups in total. The average Bonchev–Trinajstić information content (AvgIpc) is 2.43. The first-order valence-electron chi connectivity index (χ1n) is 11.8. The van der Waals surface area contributed by atoms with Gasteiger partial charge >= 0.3 is 0 Å². The molecule has 0 saturated heterocycles. The molecule has 0 bridgehead atoms. The minimum Gasteiger partial charge on any atom is -0.379 e. The van der Waals surface area contributed by atoms with Gasteiger partial charge in [-0.05, 0) is 56.3 Å². The lowest BCUT2D eigenvalue weighted by atomic mass is 9.71. The first-order chi connectivity index (χ1) is 12.9. The molecule has 32 heavy (non-hydrogen) atoms. The molecule has 0 radical (unpaired) electrons. The number of methoxy groups -OCH3 is 2. The van der Waals surface area contributed by atoms with Crippen LogP contribution in [0.2, 0.25) is 0 Å². The van der Waals surface area contributed by atoms with Gasteiger partial charge < -0.3 is 14.6 Å². The normalized spacial score (nSPS) is 12.2. The number of ether oxygens (including phenoxy) is 2. The number of hydrogen-bond acceptors (Lipinski definition) is 3. The molecule has 0 amide bonds. The summed E-state index contributed by atoms with van der Waals surface area (Å²) in [5.74, 6) is -0.958. The molecule has 0 aliphatic rings. The van der Waals surface area contributed by atoms with E-state index < -0.39 is 5.79 Å². The third-order valence-electron chi connectivity index (χ3n) is 4.42. The Balaban J connectivity index is -0.0000000661. The molecule has 0 heterocycles. The van der Waals surface area contributed by atoms with Gasteiger partial charge in [-0.1, -0.05) is 111 Å². The maximum Gasteiger partial charge on any atom is 0.159 e. The van der Waals surface area contributed by atoms with Crippen LogP contribution in [0.5, 0.6) is 0 Å². The molecule has 0 unspecified atom stereocenters. The molecule has 0 aromatic rings. The fraction of sp³-hybridized carbons (Fsp3) is 1.00. The fourth-order valence-corrected chi connectivity index (χ4v) is 0. The number of rotatable bonds is 1. The van der Waals surface area contributed by atoms with Crippen molar-refractivity contribution in [2.75, 3.05) is 14.2 Å².